The standard InChI is InChI=1S/C21H13F4N3O4S/c22-14-3-2-12(15(7-14)21(23,24)25)9-28-16-4-1-11(5-13(16)8-26-28)6-17-19(31)27(10-18(29)30)20(32)33-17/h1-8H,9-10H2,(H,29,30)/b17-6-. The Labute approximate surface area is 187 Å². The molecular formula is C21H13F4N3O4S. The highest BCUT2D eigenvalue weighted by Gasteiger charge is 2.36. The highest BCUT2D eigenvalue weighted by molar-refractivity contribution is 8.18. The van der Waals surface area contributed by atoms with Gasteiger partial charge in [-0.25, -0.2) is 4.39 Å². The zero-order valence-corrected chi connectivity index (χ0v) is 17.3. The molecule has 0 atom stereocenters. The van der Waals surface area contributed by atoms with Crippen molar-refractivity contribution in [3.8, 4) is 0 Å². The van der Waals surface area contributed by atoms with E-state index in [-0.39, 0.29) is 17.0 Å². The van der Waals surface area contributed by atoms with Crippen LogP contribution in [0.15, 0.2) is 47.5 Å². The molecule has 2 heterocycles. The van der Waals surface area contributed by atoms with Gasteiger partial charge in [0.25, 0.3) is 11.1 Å². The molecule has 1 fully saturated rings. The second kappa shape index (κ2) is 8.35. The number of imide groups is 1. The number of hydrogen-bond donors (Lipinski definition) is 1. The summed E-state index contributed by atoms with van der Waals surface area (Å²) in [5.74, 6) is -3.03. The Morgan fingerprint density at radius 3 is 2.61 bits per heavy atom. The average molecular weight is 479 g/mol. The van der Waals surface area contributed by atoms with E-state index in [9.17, 15) is 31.9 Å². The number of carboxylic acid groups (broad SMARTS) is 1. The Morgan fingerprint density at radius 2 is 1.91 bits per heavy atom. The number of thioether (sulfide) groups is 1. The maximum absolute atomic E-state index is 13.4. The van der Waals surface area contributed by atoms with Crippen LogP contribution in [0, 0.1) is 5.82 Å². The fourth-order valence-corrected chi connectivity index (χ4v) is 4.19. The SMILES string of the molecule is O=C(O)CN1C(=O)S/C(=C\c2ccc3c(cnn3Cc3ccc(F)cc3C(F)(F)F)c2)C1=O. The fraction of sp³-hybridized carbons (Fsp3) is 0.143. The van der Waals surface area contributed by atoms with Gasteiger partial charge in [0.05, 0.1) is 28.7 Å². The minimum Gasteiger partial charge on any atom is -0.480 e. The number of hydrogen-bond acceptors (Lipinski definition) is 5. The van der Waals surface area contributed by atoms with Gasteiger partial charge in [0.1, 0.15) is 12.4 Å². The van der Waals surface area contributed by atoms with E-state index in [1.54, 1.807) is 18.2 Å². The zero-order valence-electron chi connectivity index (χ0n) is 16.5. The molecule has 0 spiro atoms. The molecule has 2 amide bonds. The Bertz CT molecular complexity index is 1330. The van der Waals surface area contributed by atoms with E-state index in [2.05, 4.69) is 5.10 Å². The van der Waals surface area contributed by atoms with Crippen molar-refractivity contribution in [2.24, 2.45) is 0 Å². The van der Waals surface area contributed by atoms with Crippen molar-refractivity contribution < 1.29 is 37.1 Å². The van der Waals surface area contributed by atoms with Crippen LogP contribution >= 0.6 is 11.8 Å². The Hall–Kier alpha value is -3.67. The van der Waals surface area contributed by atoms with E-state index < -0.39 is 41.2 Å². The highest BCUT2D eigenvalue weighted by Crippen LogP contribution is 2.34. The summed E-state index contributed by atoms with van der Waals surface area (Å²) < 4.78 is 54.5. The van der Waals surface area contributed by atoms with Gasteiger partial charge in [-0.2, -0.15) is 18.3 Å². The summed E-state index contributed by atoms with van der Waals surface area (Å²) in [7, 11) is 0. The van der Waals surface area contributed by atoms with Crippen molar-refractivity contribution in [1.82, 2.24) is 14.7 Å². The van der Waals surface area contributed by atoms with Crippen molar-refractivity contribution >= 4 is 45.9 Å². The molecule has 0 bridgehead atoms. The molecule has 33 heavy (non-hydrogen) atoms. The molecule has 0 saturated carbocycles. The zero-order chi connectivity index (χ0) is 23.9. The minimum atomic E-state index is -4.73. The molecule has 0 radical (unpaired) electrons. The van der Waals surface area contributed by atoms with Crippen molar-refractivity contribution in [1.29, 1.82) is 0 Å². The third kappa shape index (κ3) is 4.60. The molecule has 1 aliphatic heterocycles. The quantitative estimate of drug-likeness (QED) is 0.432. The Kier molecular flexibility index (Phi) is 5.70. The van der Waals surface area contributed by atoms with Gasteiger partial charge in [-0.15, -0.1) is 0 Å². The van der Waals surface area contributed by atoms with Crippen LogP contribution in [0.25, 0.3) is 17.0 Å². The number of halogens is 4. The normalized spacial score (nSPS) is 15.8. The highest BCUT2D eigenvalue weighted by atomic mass is 32.2. The van der Waals surface area contributed by atoms with Gasteiger partial charge < -0.3 is 5.11 Å². The molecule has 0 aliphatic carbocycles. The second-order valence-electron chi connectivity index (χ2n) is 7.08. The summed E-state index contributed by atoms with van der Waals surface area (Å²) in [5, 5.41) is 12.8. The monoisotopic (exact) mass is 479 g/mol. The number of aliphatic carboxylic acids is 1. The lowest BCUT2D eigenvalue weighted by molar-refractivity contribution is -0.140. The molecule has 3 aromatic rings. The fourth-order valence-electron chi connectivity index (χ4n) is 3.36. The van der Waals surface area contributed by atoms with E-state index in [1.807, 2.05) is 0 Å². The summed E-state index contributed by atoms with van der Waals surface area (Å²) in [5.41, 5.74) is -0.214. The van der Waals surface area contributed by atoms with Gasteiger partial charge in [-0.1, -0.05) is 12.1 Å². The van der Waals surface area contributed by atoms with E-state index in [4.69, 9.17) is 5.11 Å². The molecule has 4 rings (SSSR count). The maximum atomic E-state index is 13.4. The summed E-state index contributed by atoms with van der Waals surface area (Å²) in [4.78, 5) is 35.6. The van der Waals surface area contributed by atoms with E-state index in [1.165, 1.54) is 17.0 Å². The topological polar surface area (TPSA) is 92.5 Å². The number of carbonyl (C=O) groups is 3. The van der Waals surface area contributed by atoms with Crippen LogP contribution in [0.5, 0.6) is 0 Å². The predicted octanol–water partition coefficient (Wildman–Crippen LogP) is 4.36. The van der Waals surface area contributed by atoms with Gasteiger partial charge in [-0.3, -0.25) is 24.0 Å². The number of nitrogens with zero attached hydrogens (tertiary/aromatic N) is 3. The molecule has 1 aliphatic rings. The average Bonchev–Trinajstić information content (AvgIpc) is 3.24. The first-order valence-electron chi connectivity index (χ1n) is 9.31. The van der Waals surface area contributed by atoms with Crippen molar-refractivity contribution in [2.45, 2.75) is 12.7 Å². The van der Waals surface area contributed by atoms with E-state index in [0.29, 0.717) is 39.2 Å². The molecule has 1 aromatic heterocycles. The number of carbonyl (C=O) groups excluding carboxylic acids is 2. The van der Waals surface area contributed by atoms with Crippen molar-refractivity contribution in [3.05, 3.63) is 70.0 Å². The van der Waals surface area contributed by atoms with Crippen LogP contribution in [0.3, 0.4) is 0 Å². The molecule has 1 N–H and O–H groups in total. The van der Waals surface area contributed by atoms with Crippen molar-refractivity contribution in [2.75, 3.05) is 6.54 Å². The number of carboxylic acids is 1. The first-order valence-corrected chi connectivity index (χ1v) is 10.1. The summed E-state index contributed by atoms with van der Waals surface area (Å²) in [6.45, 7) is -0.983. The summed E-state index contributed by atoms with van der Waals surface area (Å²) >= 11 is 0.613. The number of fused-ring (bicyclic) bond motifs is 1. The maximum Gasteiger partial charge on any atom is 0.416 e. The predicted molar refractivity (Wildman–Crippen MR) is 111 cm³/mol. The van der Waals surface area contributed by atoms with Crippen LogP contribution in [-0.2, 0) is 22.3 Å². The molecule has 170 valence electrons. The lowest BCUT2D eigenvalue weighted by Crippen LogP contribution is -2.33. The van der Waals surface area contributed by atoms with Gasteiger partial charge in [0.2, 0.25) is 0 Å². The number of amides is 2. The first kappa shape index (κ1) is 22.5. The van der Waals surface area contributed by atoms with Gasteiger partial charge in [-0.05, 0) is 53.2 Å². The smallest absolute Gasteiger partial charge is 0.416 e. The third-order valence-corrected chi connectivity index (χ3v) is 5.74. The number of aromatic nitrogens is 2. The van der Waals surface area contributed by atoms with Gasteiger partial charge >= 0.3 is 12.1 Å². The minimum absolute atomic E-state index is 0.0501. The van der Waals surface area contributed by atoms with Crippen LogP contribution < -0.4 is 0 Å². The van der Waals surface area contributed by atoms with Gasteiger partial charge in [0, 0.05) is 5.39 Å². The molecule has 12 heteroatoms. The molecule has 2 aromatic carbocycles. The summed E-state index contributed by atoms with van der Waals surface area (Å²) in [6.07, 6.45) is -1.87. The number of alkyl halides is 3. The van der Waals surface area contributed by atoms with E-state index in [0.717, 1.165) is 12.1 Å². The lowest BCUT2D eigenvalue weighted by Gasteiger charge is -2.13. The summed E-state index contributed by atoms with van der Waals surface area (Å²) in [6, 6.07) is 7.25. The molecule has 0 unspecified atom stereocenters. The molecular weight excluding hydrogens is 466 g/mol. The van der Waals surface area contributed by atoms with Crippen LogP contribution in [0.2, 0.25) is 0 Å². The van der Waals surface area contributed by atoms with Crippen LogP contribution in [0.1, 0.15) is 16.7 Å². The molecule has 7 nitrogen and oxygen atoms in total. The Morgan fingerprint density at radius 1 is 1.15 bits per heavy atom. The number of rotatable bonds is 5. The second-order valence-corrected chi connectivity index (χ2v) is 8.07. The van der Waals surface area contributed by atoms with Crippen LogP contribution in [0.4, 0.5) is 22.4 Å². The Balaban J connectivity index is 1.62. The van der Waals surface area contributed by atoms with E-state index >= 15 is 0 Å². The first-order chi connectivity index (χ1) is 15.5. The van der Waals surface area contributed by atoms with Crippen molar-refractivity contribution in [3.63, 3.8) is 0 Å². The number of benzene rings is 2. The lowest BCUT2D eigenvalue weighted by atomic mass is 10.1. The van der Waals surface area contributed by atoms with Crippen LogP contribution in [-0.4, -0.2) is 43.4 Å². The largest absolute Gasteiger partial charge is 0.480 e. The molecule has 1 saturated heterocycles. The third-order valence-electron chi connectivity index (χ3n) is 4.83. The van der Waals surface area contributed by atoms with Gasteiger partial charge in [0.15, 0.2) is 0 Å².